The monoisotopic (exact) mass is 451 g/mol. The molecule has 0 saturated heterocycles. The van der Waals surface area contributed by atoms with Crippen LogP contribution in [0.2, 0.25) is 0 Å². The number of carbonyl (C=O) groups excluding carboxylic acids is 2. The van der Waals surface area contributed by atoms with Crippen molar-refractivity contribution < 1.29 is 33.0 Å². The summed E-state index contributed by atoms with van der Waals surface area (Å²) in [5.74, 6) is -1.54. The molecule has 1 aliphatic heterocycles. The number of nitrogens with zero attached hydrogens (tertiary/aromatic N) is 1. The number of hydrogen-bond acceptors (Lipinski definition) is 6. The second kappa shape index (κ2) is 9.70. The number of aliphatic hydroxyl groups is 1. The van der Waals surface area contributed by atoms with Crippen LogP contribution in [0.4, 0.5) is 4.39 Å². The van der Waals surface area contributed by atoms with E-state index in [2.05, 4.69) is 0 Å². The quantitative estimate of drug-likeness (QED) is 0.490. The number of carbonyl (C=O) groups is 2. The van der Waals surface area contributed by atoms with Crippen molar-refractivity contribution in [3.8, 4) is 5.75 Å². The molecule has 0 radical (unpaired) electrons. The summed E-state index contributed by atoms with van der Waals surface area (Å²) in [4.78, 5) is 27.2. The second-order valence-electron chi connectivity index (χ2n) is 7.45. The van der Waals surface area contributed by atoms with Crippen molar-refractivity contribution in [2.24, 2.45) is 0 Å². The summed E-state index contributed by atoms with van der Waals surface area (Å²) in [5, 5.41) is 10.5. The number of aliphatic hydroxyl groups excluding tert-OH is 1. The van der Waals surface area contributed by atoms with Gasteiger partial charge in [-0.3, -0.25) is 9.59 Å². The van der Waals surface area contributed by atoms with Gasteiger partial charge in [-0.15, -0.1) is 0 Å². The normalized spacial score (nSPS) is 15.9. The molecular weight excluding hydrogens is 429 g/mol. The van der Waals surface area contributed by atoms with Gasteiger partial charge in [0.25, 0.3) is 5.91 Å². The largest absolute Gasteiger partial charge is 0.503 e. The van der Waals surface area contributed by atoms with E-state index in [1.165, 1.54) is 36.5 Å². The average Bonchev–Trinajstić information content (AvgIpc) is 3.45. The summed E-state index contributed by atoms with van der Waals surface area (Å²) in [6.45, 7) is 0.669. The van der Waals surface area contributed by atoms with Crippen LogP contribution in [0.25, 0.3) is 0 Å². The van der Waals surface area contributed by atoms with Crippen LogP contribution in [-0.4, -0.2) is 42.0 Å². The molecule has 3 aromatic rings. The highest BCUT2D eigenvalue weighted by molar-refractivity contribution is 6.15. The van der Waals surface area contributed by atoms with E-state index in [1.807, 2.05) is 0 Å². The van der Waals surface area contributed by atoms with Gasteiger partial charge in [0, 0.05) is 13.7 Å². The van der Waals surface area contributed by atoms with Gasteiger partial charge >= 0.3 is 0 Å². The third-order valence-electron chi connectivity index (χ3n) is 5.34. The van der Waals surface area contributed by atoms with Gasteiger partial charge in [0.15, 0.2) is 11.5 Å². The first-order chi connectivity index (χ1) is 16.0. The standard InChI is InChI=1S/C25H22FNO6/c1-31-14-12-27-22(21(24(29)25(27)30)23(28)20-3-2-13-32-20)17-6-10-19(11-7-17)33-15-16-4-8-18(26)9-5-16/h2-11,13,22,29H,12,14-15H2,1H3. The maximum Gasteiger partial charge on any atom is 0.290 e. The van der Waals surface area contributed by atoms with Crippen LogP contribution in [0.3, 0.4) is 0 Å². The molecule has 2 heterocycles. The third kappa shape index (κ3) is 4.65. The third-order valence-corrected chi connectivity index (χ3v) is 5.34. The van der Waals surface area contributed by atoms with Crippen LogP contribution in [0.15, 0.2) is 82.7 Å². The summed E-state index contributed by atoms with van der Waals surface area (Å²) >= 11 is 0. The lowest BCUT2D eigenvalue weighted by molar-refractivity contribution is -0.130. The van der Waals surface area contributed by atoms with E-state index in [1.54, 1.807) is 42.5 Å². The average molecular weight is 451 g/mol. The Balaban J connectivity index is 1.59. The number of halogens is 1. The highest BCUT2D eigenvalue weighted by Crippen LogP contribution is 2.39. The molecule has 1 unspecified atom stereocenters. The molecule has 0 bridgehead atoms. The molecule has 8 heteroatoms. The molecule has 33 heavy (non-hydrogen) atoms. The number of ether oxygens (including phenoxy) is 2. The number of Topliss-reactive ketones (excluding diaryl/α,β-unsaturated/α-hetero) is 1. The Bertz CT molecular complexity index is 1150. The van der Waals surface area contributed by atoms with Crippen molar-refractivity contribution in [2.45, 2.75) is 12.6 Å². The van der Waals surface area contributed by atoms with Gasteiger partial charge in [-0.2, -0.15) is 0 Å². The summed E-state index contributed by atoms with van der Waals surface area (Å²) in [6.07, 6.45) is 1.35. The molecular formula is C25H22FNO6. The summed E-state index contributed by atoms with van der Waals surface area (Å²) < 4.78 is 29.1. The topological polar surface area (TPSA) is 89.2 Å². The minimum absolute atomic E-state index is 0.0298. The lowest BCUT2D eigenvalue weighted by Gasteiger charge is -2.26. The zero-order valence-electron chi connectivity index (χ0n) is 17.9. The van der Waals surface area contributed by atoms with Crippen molar-refractivity contribution in [2.75, 3.05) is 20.3 Å². The second-order valence-corrected chi connectivity index (χ2v) is 7.45. The van der Waals surface area contributed by atoms with Gasteiger partial charge in [-0.05, 0) is 47.5 Å². The highest BCUT2D eigenvalue weighted by atomic mass is 19.1. The lowest BCUT2D eigenvalue weighted by Crippen LogP contribution is -2.33. The molecule has 1 N–H and O–H groups in total. The maximum atomic E-state index is 13.1. The number of methoxy groups -OCH3 is 1. The molecule has 1 atom stereocenters. The van der Waals surface area contributed by atoms with Gasteiger partial charge in [0.2, 0.25) is 5.78 Å². The first-order valence-corrected chi connectivity index (χ1v) is 10.3. The van der Waals surface area contributed by atoms with Crippen molar-refractivity contribution in [1.29, 1.82) is 0 Å². The first-order valence-electron chi connectivity index (χ1n) is 10.3. The molecule has 1 aromatic heterocycles. The van der Waals surface area contributed by atoms with Crippen molar-refractivity contribution in [1.82, 2.24) is 4.90 Å². The van der Waals surface area contributed by atoms with Gasteiger partial charge in [-0.25, -0.2) is 4.39 Å². The van der Waals surface area contributed by atoms with Gasteiger partial charge in [0.05, 0.1) is 24.5 Å². The SMILES string of the molecule is COCCN1C(=O)C(O)=C(C(=O)c2ccco2)C1c1ccc(OCc2ccc(F)cc2)cc1. The zero-order valence-corrected chi connectivity index (χ0v) is 17.9. The van der Waals surface area contributed by atoms with Crippen LogP contribution < -0.4 is 4.74 Å². The number of benzene rings is 2. The summed E-state index contributed by atoms with van der Waals surface area (Å²) in [7, 11) is 1.50. The Kier molecular flexibility index (Phi) is 6.55. The Hall–Kier alpha value is -3.91. The Labute approximate surface area is 189 Å². The maximum absolute atomic E-state index is 13.1. The van der Waals surface area contributed by atoms with Gasteiger partial charge in [-0.1, -0.05) is 24.3 Å². The predicted molar refractivity (Wildman–Crippen MR) is 116 cm³/mol. The molecule has 170 valence electrons. The Morgan fingerprint density at radius 2 is 1.85 bits per heavy atom. The molecule has 0 saturated carbocycles. The number of amides is 1. The smallest absolute Gasteiger partial charge is 0.290 e. The Morgan fingerprint density at radius 1 is 1.12 bits per heavy atom. The van der Waals surface area contributed by atoms with Crippen molar-refractivity contribution in [3.05, 3.63) is 101 Å². The number of hydrogen-bond donors (Lipinski definition) is 1. The van der Waals surface area contributed by atoms with E-state index in [0.29, 0.717) is 11.3 Å². The minimum atomic E-state index is -0.809. The van der Waals surface area contributed by atoms with Gasteiger partial charge in [0.1, 0.15) is 18.2 Å². The van der Waals surface area contributed by atoms with E-state index in [0.717, 1.165) is 5.56 Å². The van der Waals surface area contributed by atoms with Gasteiger partial charge < -0.3 is 23.9 Å². The molecule has 1 aliphatic rings. The lowest BCUT2D eigenvalue weighted by atomic mass is 9.95. The molecule has 0 aliphatic carbocycles. The summed E-state index contributed by atoms with van der Waals surface area (Å²) in [6, 6.07) is 15.1. The van der Waals surface area contributed by atoms with Crippen LogP contribution in [0.1, 0.15) is 27.7 Å². The van der Waals surface area contributed by atoms with Crippen molar-refractivity contribution in [3.63, 3.8) is 0 Å². The number of furan rings is 1. The summed E-state index contributed by atoms with van der Waals surface area (Å²) in [5.41, 5.74) is 1.38. The van der Waals surface area contributed by atoms with E-state index in [-0.39, 0.29) is 36.9 Å². The molecule has 4 rings (SSSR count). The van der Waals surface area contributed by atoms with E-state index in [9.17, 15) is 19.1 Å². The molecule has 0 fully saturated rings. The van der Waals surface area contributed by atoms with E-state index in [4.69, 9.17) is 13.9 Å². The fraction of sp³-hybridized carbons (Fsp3) is 0.200. The minimum Gasteiger partial charge on any atom is -0.503 e. The first kappa shape index (κ1) is 22.3. The van der Waals surface area contributed by atoms with Crippen LogP contribution in [0.5, 0.6) is 5.75 Å². The highest BCUT2D eigenvalue weighted by Gasteiger charge is 2.44. The fourth-order valence-corrected chi connectivity index (χ4v) is 3.69. The predicted octanol–water partition coefficient (Wildman–Crippen LogP) is 4.22. The number of ketones is 1. The van der Waals surface area contributed by atoms with E-state index >= 15 is 0 Å². The van der Waals surface area contributed by atoms with E-state index < -0.39 is 23.5 Å². The van der Waals surface area contributed by atoms with Crippen LogP contribution >= 0.6 is 0 Å². The zero-order chi connectivity index (χ0) is 23.4. The van der Waals surface area contributed by atoms with Crippen molar-refractivity contribution >= 4 is 11.7 Å². The fourth-order valence-electron chi connectivity index (χ4n) is 3.69. The molecule has 7 nitrogen and oxygen atoms in total. The Morgan fingerprint density at radius 3 is 2.48 bits per heavy atom. The number of rotatable bonds is 9. The molecule has 2 aromatic carbocycles. The van der Waals surface area contributed by atoms with Crippen LogP contribution in [-0.2, 0) is 16.1 Å². The molecule has 0 spiro atoms. The molecule has 1 amide bonds. The van der Waals surface area contributed by atoms with Crippen LogP contribution in [0, 0.1) is 5.82 Å².